The van der Waals surface area contributed by atoms with Crippen LogP contribution < -0.4 is 0 Å². The molecule has 2 saturated heterocycles. The topological polar surface area (TPSA) is 30.9 Å². The fourth-order valence-electron chi connectivity index (χ4n) is 6.93. The zero-order valence-electron chi connectivity index (χ0n) is 32.0. The number of hydrogen-bond donors (Lipinski definition) is 0. The summed E-state index contributed by atoms with van der Waals surface area (Å²) in [7, 11) is 0. The van der Waals surface area contributed by atoms with Gasteiger partial charge < -0.3 is 14.2 Å². The van der Waals surface area contributed by atoms with Crippen molar-refractivity contribution in [2.45, 2.75) is 193 Å². The zero-order valence-corrected chi connectivity index (χ0v) is 32.0. The lowest BCUT2D eigenvalue weighted by atomic mass is 9.98. The van der Waals surface area contributed by atoms with E-state index in [1.807, 2.05) is 0 Å². The molecular weight excluding hydrogens is 590 g/mol. The number of allylic oxidation sites excluding steroid dienone is 8. The Morgan fingerprint density at radius 1 is 0.521 bits per heavy atom. The molecule has 0 amide bonds. The van der Waals surface area contributed by atoms with E-state index in [9.17, 15) is 0 Å². The van der Waals surface area contributed by atoms with Crippen molar-refractivity contribution in [3.63, 3.8) is 0 Å². The molecule has 0 aromatic carbocycles. The maximum atomic E-state index is 6.77. The monoisotopic (exact) mass is 670 g/mol. The smallest absolute Gasteiger partial charge is 0.168 e. The Morgan fingerprint density at radius 2 is 0.938 bits per heavy atom. The molecule has 0 spiro atoms. The zero-order chi connectivity index (χ0) is 34.1. The van der Waals surface area contributed by atoms with Crippen LogP contribution in [0.4, 0.5) is 0 Å². The van der Waals surface area contributed by atoms with E-state index in [0.29, 0.717) is 0 Å². The summed E-state index contributed by atoms with van der Waals surface area (Å²) >= 11 is 0. The third-order valence-electron chi connectivity index (χ3n) is 10.00. The van der Waals surface area contributed by atoms with Crippen molar-refractivity contribution in [1.82, 2.24) is 4.90 Å². The van der Waals surface area contributed by atoms with Crippen molar-refractivity contribution in [1.29, 1.82) is 0 Å². The van der Waals surface area contributed by atoms with Gasteiger partial charge in [0.15, 0.2) is 5.79 Å². The molecule has 2 fully saturated rings. The van der Waals surface area contributed by atoms with Gasteiger partial charge in [0.05, 0.1) is 25.9 Å². The molecule has 4 nitrogen and oxygen atoms in total. The first-order chi connectivity index (χ1) is 23.8. The molecule has 1 unspecified atom stereocenters. The second-order valence-electron chi connectivity index (χ2n) is 14.5. The molecule has 2 aliphatic heterocycles. The number of ether oxygens (including phenoxy) is 3. The first-order valence-electron chi connectivity index (χ1n) is 21.0. The highest BCUT2D eigenvalue weighted by atomic mass is 16.7. The summed E-state index contributed by atoms with van der Waals surface area (Å²) < 4.78 is 18.9. The largest absolute Gasteiger partial charge is 0.379 e. The minimum Gasteiger partial charge on any atom is -0.379 e. The van der Waals surface area contributed by atoms with Gasteiger partial charge in [0.25, 0.3) is 0 Å². The number of hydrogen-bond acceptors (Lipinski definition) is 4. The van der Waals surface area contributed by atoms with Gasteiger partial charge in [-0.15, -0.1) is 0 Å². The summed E-state index contributed by atoms with van der Waals surface area (Å²) in [6, 6.07) is 0. The van der Waals surface area contributed by atoms with E-state index in [1.165, 1.54) is 141 Å². The van der Waals surface area contributed by atoms with Crippen LogP contribution in [0.15, 0.2) is 48.6 Å². The van der Waals surface area contributed by atoms with Gasteiger partial charge in [0.1, 0.15) is 0 Å². The van der Waals surface area contributed by atoms with Crippen molar-refractivity contribution < 1.29 is 14.2 Å². The Morgan fingerprint density at radius 3 is 1.40 bits per heavy atom. The van der Waals surface area contributed by atoms with Crippen LogP contribution in [0.1, 0.15) is 181 Å². The van der Waals surface area contributed by atoms with Crippen LogP contribution in [0.2, 0.25) is 0 Å². The highest BCUT2D eigenvalue weighted by Crippen LogP contribution is 2.35. The molecule has 0 bridgehead atoms. The molecule has 0 saturated carbocycles. The van der Waals surface area contributed by atoms with Crippen LogP contribution in [-0.2, 0) is 14.2 Å². The van der Waals surface area contributed by atoms with Gasteiger partial charge in [-0.2, -0.15) is 0 Å². The van der Waals surface area contributed by atoms with Crippen LogP contribution in [0.5, 0.6) is 0 Å². The van der Waals surface area contributed by atoms with Gasteiger partial charge in [-0.3, -0.25) is 4.90 Å². The Labute approximate surface area is 299 Å². The molecule has 0 aliphatic carbocycles. The first kappa shape index (κ1) is 43.0. The third kappa shape index (κ3) is 24.0. The van der Waals surface area contributed by atoms with Crippen LogP contribution in [0.3, 0.4) is 0 Å². The summed E-state index contributed by atoms with van der Waals surface area (Å²) in [4.78, 5) is 2.49. The fourth-order valence-corrected chi connectivity index (χ4v) is 6.93. The normalized spacial score (nSPS) is 20.9. The first-order valence-corrected chi connectivity index (χ1v) is 21.0. The van der Waals surface area contributed by atoms with Crippen LogP contribution in [-0.4, -0.2) is 56.2 Å². The predicted octanol–water partition coefficient (Wildman–Crippen LogP) is 12.8. The molecule has 0 radical (unpaired) electrons. The molecule has 0 aromatic rings. The average molecular weight is 670 g/mol. The van der Waals surface area contributed by atoms with Crippen molar-refractivity contribution in [2.75, 3.05) is 39.5 Å². The van der Waals surface area contributed by atoms with E-state index >= 15 is 0 Å². The molecule has 0 aromatic heterocycles. The molecule has 2 aliphatic rings. The lowest BCUT2D eigenvalue weighted by Gasteiger charge is -2.31. The molecule has 278 valence electrons. The minimum absolute atomic E-state index is 0.206. The van der Waals surface area contributed by atoms with Crippen molar-refractivity contribution in [3.05, 3.63) is 48.6 Å². The standard InChI is InChI=1S/C44H79NO3/c1-3-5-7-9-11-13-15-17-19-21-23-25-27-29-31-33-35-44(47-42-43(48-44)41-45-37-39-46-40-38-45)36-34-32-30-28-26-24-22-20-18-16-14-12-10-8-6-4-2/h11-14,17-20,43H,3-10,15-16,21-42H2,1-2H3. The molecule has 2 rings (SSSR count). The second-order valence-corrected chi connectivity index (χ2v) is 14.5. The van der Waals surface area contributed by atoms with Crippen LogP contribution in [0, 0.1) is 0 Å². The van der Waals surface area contributed by atoms with E-state index in [1.54, 1.807) is 0 Å². The molecule has 48 heavy (non-hydrogen) atoms. The molecule has 0 N–H and O–H groups in total. The van der Waals surface area contributed by atoms with E-state index in [2.05, 4.69) is 67.4 Å². The Hall–Kier alpha value is -1.20. The SMILES string of the molecule is CCCCCC=CCC=CCCCCCCCCC1(CCCCCCCCC=CCC=CCCCCC)OCC(CN2CCOCC2)O1. The highest BCUT2D eigenvalue weighted by molar-refractivity contribution is 4.93. The maximum absolute atomic E-state index is 6.77. The summed E-state index contributed by atoms with van der Waals surface area (Å²) in [6.45, 7) is 10.0. The average Bonchev–Trinajstić information content (AvgIpc) is 3.50. The summed E-state index contributed by atoms with van der Waals surface area (Å²) in [6.07, 6.45) is 52.1. The van der Waals surface area contributed by atoms with Crippen molar-refractivity contribution in [3.8, 4) is 0 Å². The van der Waals surface area contributed by atoms with Gasteiger partial charge in [-0.05, 0) is 77.0 Å². The summed E-state index contributed by atoms with van der Waals surface area (Å²) in [5.41, 5.74) is 0. The molecular formula is C44H79NO3. The van der Waals surface area contributed by atoms with Gasteiger partial charge in [-0.1, -0.05) is 140 Å². The third-order valence-corrected chi connectivity index (χ3v) is 10.00. The van der Waals surface area contributed by atoms with Crippen LogP contribution in [0.25, 0.3) is 0 Å². The Bertz CT molecular complexity index is 764. The van der Waals surface area contributed by atoms with E-state index in [-0.39, 0.29) is 11.9 Å². The minimum atomic E-state index is -0.346. The molecule has 1 atom stereocenters. The van der Waals surface area contributed by atoms with Gasteiger partial charge in [0.2, 0.25) is 0 Å². The van der Waals surface area contributed by atoms with Gasteiger partial charge in [0, 0.05) is 32.5 Å². The van der Waals surface area contributed by atoms with Gasteiger partial charge >= 0.3 is 0 Å². The van der Waals surface area contributed by atoms with E-state index < -0.39 is 0 Å². The summed E-state index contributed by atoms with van der Waals surface area (Å²) in [5, 5.41) is 0. The Kier molecular flexibility index (Phi) is 28.4. The quantitative estimate of drug-likeness (QED) is 0.0527. The number of morpholine rings is 1. The second kappa shape index (κ2) is 31.8. The number of nitrogens with zero attached hydrogens (tertiary/aromatic N) is 1. The fraction of sp³-hybridized carbons (Fsp3) is 0.818. The lowest BCUT2D eigenvalue weighted by molar-refractivity contribution is -0.181. The Balaban J connectivity index is 1.56. The van der Waals surface area contributed by atoms with Gasteiger partial charge in [-0.25, -0.2) is 0 Å². The predicted molar refractivity (Wildman–Crippen MR) is 209 cm³/mol. The number of rotatable bonds is 32. The summed E-state index contributed by atoms with van der Waals surface area (Å²) in [5.74, 6) is -0.346. The molecule has 2 heterocycles. The number of unbranched alkanes of at least 4 members (excludes halogenated alkanes) is 18. The van der Waals surface area contributed by atoms with Crippen LogP contribution >= 0.6 is 0 Å². The van der Waals surface area contributed by atoms with E-state index in [4.69, 9.17) is 14.2 Å². The van der Waals surface area contributed by atoms with Crippen molar-refractivity contribution in [2.24, 2.45) is 0 Å². The lowest BCUT2D eigenvalue weighted by Crippen LogP contribution is -2.42. The van der Waals surface area contributed by atoms with E-state index in [0.717, 1.165) is 65.1 Å². The van der Waals surface area contributed by atoms with Crippen molar-refractivity contribution >= 4 is 0 Å². The highest BCUT2D eigenvalue weighted by Gasteiger charge is 2.41. The molecule has 4 heteroatoms. The maximum Gasteiger partial charge on any atom is 0.168 e.